The number of imide groups is 1. The fraction of sp³-hybridized carbons (Fsp3) is 0.278. The molecule has 3 aliphatic rings. The molecule has 7 amide bonds. The normalized spacial score (nSPS) is 20.0. The van der Waals surface area contributed by atoms with Crippen molar-refractivity contribution in [3.8, 4) is 11.5 Å². The van der Waals surface area contributed by atoms with Crippen LogP contribution in [0.15, 0.2) is 89.2 Å². The van der Waals surface area contributed by atoms with Crippen LogP contribution < -0.4 is 25.6 Å². The summed E-state index contributed by atoms with van der Waals surface area (Å²) >= 11 is 2.42. The number of carboxylic acids is 1. The second-order valence-electron chi connectivity index (χ2n) is 12.6. The number of carbonyl (C=O) groups excluding carboxylic acids is 7. The highest BCUT2D eigenvalue weighted by Crippen LogP contribution is 2.46. The number of nitrogens with zero attached hydrogens (tertiary/aromatic N) is 4. The minimum Gasteiger partial charge on any atom is -0.543 e. The number of aromatic nitrogens is 1. The number of β-lactam (4-membered cyclic amide) rings is 1. The minimum atomic E-state index is -2.11. The van der Waals surface area contributed by atoms with Crippen LogP contribution in [-0.2, 0) is 35.3 Å². The number of hydrogen-bond acceptors (Lipinski definition) is 12. The molecule has 4 heterocycles. The number of fused-ring (bicyclic) bond motifs is 1. The van der Waals surface area contributed by atoms with Crippen LogP contribution in [0.3, 0.4) is 0 Å². The second kappa shape index (κ2) is 16.1. The number of hydrogen-bond donors (Lipinski definition) is 5. The zero-order valence-corrected chi connectivity index (χ0v) is 30.8. The molecule has 3 atom stereocenters. The monoisotopic (exact) mass is 789 g/mol. The molecule has 0 aliphatic carbocycles. The van der Waals surface area contributed by atoms with E-state index < -0.39 is 52.7 Å². The number of phenolic OH excluding ortho intramolecular Hbond substituents is 2. The Balaban J connectivity index is 1.17. The largest absolute Gasteiger partial charge is 0.543 e. The Bertz CT molecular complexity index is 2080. The van der Waals surface area contributed by atoms with Crippen molar-refractivity contribution in [1.82, 2.24) is 30.7 Å². The fourth-order valence-corrected chi connectivity index (χ4v) is 8.82. The first-order valence-corrected chi connectivity index (χ1v) is 18.9. The number of amides is 7. The lowest BCUT2D eigenvalue weighted by atomic mass is 9.94. The van der Waals surface area contributed by atoms with Crippen LogP contribution in [-0.4, -0.2) is 109 Å². The Morgan fingerprint density at radius 2 is 1.76 bits per heavy atom. The summed E-state index contributed by atoms with van der Waals surface area (Å²) in [6, 6.07) is 13.5. The van der Waals surface area contributed by atoms with E-state index in [9.17, 15) is 48.9 Å². The quantitative estimate of drug-likeness (QED) is 0.0271. The molecule has 0 spiro atoms. The number of aliphatic carboxylic acids is 1. The number of rotatable bonds is 13. The first-order valence-electron chi connectivity index (χ1n) is 16.9. The lowest BCUT2D eigenvalue weighted by Crippen LogP contribution is -2.85. The molecule has 1 unspecified atom stereocenters. The van der Waals surface area contributed by atoms with Crippen molar-refractivity contribution in [3.63, 3.8) is 0 Å². The van der Waals surface area contributed by atoms with Crippen LogP contribution in [0.25, 0.3) is 0 Å². The third kappa shape index (κ3) is 7.65. The summed E-state index contributed by atoms with van der Waals surface area (Å²) in [5.41, 5.74) is -1.12. The Morgan fingerprint density at radius 1 is 1.04 bits per heavy atom. The number of urea groups is 1. The van der Waals surface area contributed by atoms with Gasteiger partial charge in [-0.25, -0.2) is 9.36 Å². The number of thioether (sulfide) groups is 2. The van der Waals surface area contributed by atoms with Crippen LogP contribution in [0.2, 0.25) is 0 Å². The van der Waals surface area contributed by atoms with Gasteiger partial charge in [-0.2, -0.15) is 0 Å². The molecule has 5 N–H and O–H groups in total. The van der Waals surface area contributed by atoms with Gasteiger partial charge < -0.3 is 41.0 Å². The van der Waals surface area contributed by atoms with E-state index in [2.05, 4.69) is 16.0 Å². The summed E-state index contributed by atoms with van der Waals surface area (Å²) in [5.74, 6) is -5.67. The maximum atomic E-state index is 14.0. The van der Waals surface area contributed by atoms with Crippen LogP contribution in [0.5, 0.6) is 11.5 Å². The molecule has 0 saturated carbocycles. The number of benzene rings is 2. The Labute approximate surface area is 322 Å². The molecule has 0 radical (unpaired) electrons. The summed E-state index contributed by atoms with van der Waals surface area (Å²) in [6.07, 6.45) is 3.79. The van der Waals surface area contributed by atoms with E-state index in [0.717, 1.165) is 27.1 Å². The number of aromatic hydroxyl groups is 2. The average molecular weight is 790 g/mol. The molecule has 3 aromatic rings. The van der Waals surface area contributed by atoms with Crippen molar-refractivity contribution in [3.05, 3.63) is 95.5 Å². The van der Waals surface area contributed by atoms with Crippen LogP contribution >= 0.6 is 23.5 Å². The van der Waals surface area contributed by atoms with Crippen LogP contribution in [0.1, 0.15) is 24.1 Å². The van der Waals surface area contributed by atoms with E-state index in [1.165, 1.54) is 40.9 Å². The van der Waals surface area contributed by atoms with E-state index in [1.807, 2.05) is 16.7 Å². The summed E-state index contributed by atoms with van der Waals surface area (Å²) in [4.78, 5) is 94.5. The molecule has 2 aromatic carbocycles. The van der Waals surface area contributed by atoms with Gasteiger partial charge in [-0.3, -0.25) is 33.8 Å². The number of carboxylic acid groups (broad SMARTS) is 1. The molecular formula is C36H35N7O10S2. The summed E-state index contributed by atoms with van der Waals surface area (Å²) < 4.78 is 1.84. The maximum Gasteiger partial charge on any atom is 0.325 e. The van der Waals surface area contributed by atoms with E-state index in [1.54, 1.807) is 43.6 Å². The number of likely N-dealkylation sites (N-methyl/N-ethyl adjacent to an activating group) is 1. The lowest BCUT2D eigenvalue weighted by Gasteiger charge is -2.57. The highest BCUT2D eigenvalue weighted by molar-refractivity contribution is 8.01. The topological polar surface area (TPSA) is 233 Å². The Kier molecular flexibility index (Phi) is 11.3. The van der Waals surface area contributed by atoms with E-state index >= 15 is 0 Å². The SMILES string of the molecule is CCN1CCN(C(=O)NC(C(=O)N[C@]2(NC=O)C(=O)N3C(C(=O)[O-])=C(CSc4cc[n+](Cc5ccc(O)c(O)c5)cc4)CS[C@@H]32)c2ccccc2)C(=O)C1=O. The summed E-state index contributed by atoms with van der Waals surface area (Å²) in [6.45, 7) is 2.35. The van der Waals surface area contributed by atoms with Crippen molar-refractivity contribution in [2.75, 3.05) is 31.1 Å². The van der Waals surface area contributed by atoms with Gasteiger partial charge in [0.2, 0.25) is 18.0 Å². The minimum absolute atomic E-state index is 0.0961. The van der Waals surface area contributed by atoms with E-state index in [-0.39, 0.29) is 60.3 Å². The molecule has 19 heteroatoms. The van der Waals surface area contributed by atoms with Crippen molar-refractivity contribution < 1.29 is 53.4 Å². The van der Waals surface area contributed by atoms with Crippen LogP contribution in [0, 0.1) is 0 Å². The van der Waals surface area contributed by atoms with Crippen molar-refractivity contribution in [2.24, 2.45) is 0 Å². The van der Waals surface area contributed by atoms with Gasteiger partial charge in [-0.05, 0) is 36.3 Å². The average Bonchev–Trinajstić information content (AvgIpc) is 3.18. The highest BCUT2D eigenvalue weighted by Gasteiger charge is 2.65. The number of carbonyl (C=O) groups is 7. The third-order valence-corrected chi connectivity index (χ3v) is 11.7. The maximum absolute atomic E-state index is 14.0. The first-order chi connectivity index (χ1) is 26.4. The zero-order chi connectivity index (χ0) is 39.4. The number of nitrogens with one attached hydrogen (secondary N) is 3. The molecule has 3 aliphatic heterocycles. The molecule has 2 fully saturated rings. The summed E-state index contributed by atoms with van der Waals surface area (Å²) in [7, 11) is 0. The fourth-order valence-electron chi connectivity index (χ4n) is 6.37. The highest BCUT2D eigenvalue weighted by atomic mass is 32.2. The van der Waals surface area contributed by atoms with Crippen molar-refractivity contribution >= 4 is 65.6 Å². The standard InChI is InChI=1S/C36H35N7O10S2/c1-2-41-14-15-42(31(49)30(41)48)35(53)38-27(22-6-4-3-5-7-22)29(47)39-36(37-20-44)33(52)43-28(32(50)51)23(19-55-34(36)43)18-54-24-10-12-40(13-11-24)17-21-8-9-25(45)26(46)16-21/h3-13,16,20,27,34H,2,14-15,17-19H2,1H3,(H5-,37,38,39,44,45,46,47,48,49,50,51,53)/t27?,34-,36-/m1/s1. The van der Waals surface area contributed by atoms with Gasteiger partial charge in [-0.1, -0.05) is 30.3 Å². The molecule has 55 heavy (non-hydrogen) atoms. The molecular weight excluding hydrogens is 755 g/mol. The van der Waals surface area contributed by atoms with Gasteiger partial charge >= 0.3 is 17.8 Å². The van der Waals surface area contributed by atoms with Gasteiger partial charge in [0.05, 0.1) is 11.7 Å². The van der Waals surface area contributed by atoms with Crippen molar-refractivity contribution in [2.45, 2.75) is 35.4 Å². The molecule has 17 nitrogen and oxygen atoms in total. The molecule has 6 rings (SSSR count). The van der Waals surface area contributed by atoms with Gasteiger partial charge in [0.15, 0.2) is 30.4 Å². The number of phenols is 2. The Hall–Kier alpha value is -6.08. The predicted molar refractivity (Wildman–Crippen MR) is 193 cm³/mol. The van der Waals surface area contributed by atoms with Gasteiger partial charge in [0.1, 0.15) is 11.4 Å². The zero-order valence-electron chi connectivity index (χ0n) is 29.2. The summed E-state index contributed by atoms with van der Waals surface area (Å²) in [5, 5.41) is 38.1. The molecule has 1 aromatic heterocycles. The van der Waals surface area contributed by atoms with Gasteiger partial charge in [0.25, 0.3) is 5.91 Å². The van der Waals surface area contributed by atoms with Crippen LogP contribution in [0.4, 0.5) is 4.79 Å². The number of piperazine rings is 1. The van der Waals surface area contributed by atoms with Gasteiger partial charge in [-0.15, -0.1) is 23.5 Å². The smallest absolute Gasteiger partial charge is 0.325 e. The van der Waals surface area contributed by atoms with Gasteiger partial charge in [0, 0.05) is 53.7 Å². The molecule has 286 valence electrons. The Morgan fingerprint density at radius 3 is 2.42 bits per heavy atom. The van der Waals surface area contributed by atoms with E-state index in [4.69, 9.17) is 0 Å². The first kappa shape index (κ1) is 38.6. The van der Waals surface area contributed by atoms with E-state index in [0.29, 0.717) is 17.0 Å². The molecule has 2 saturated heterocycles. The van der Waals surface area contributed by atoms with Crippen molar-refractivity contribution in [1.29, 1.82) is 0 Å². The molecule has 0 bridgehead atoms. The lowest BCUT2D eigenvalue weighted by molar-refractivity contribution is -0.688. The number of pyridine rings is 1. The second-order valence-corrected chi connectivity index (χ2v) is 14.7. The predicted octanol–water partition coefficient (Wildman–Crippen LogP) is -0.855. The third-order valence-electron chi connectivity index (χ3n) is 9.23.